The fourth-order valence-corrected chi connectivity index (χ4v) is 5.38. The van der Waals surface area contributed by atoms with Gasteiger partial charge < -0.3 is 9.80 Å². The van der Waals surface area contributed by atoms with Gasteiger partial charge >= 0.3 is 0 Å². The average Bonchev–Trinajstić information content (AvgIpc) is 3.56. The Morgan fingerprint density at radius 1 is 0.973 bits per heavy atom. The number of hydrogen-bond donors (Lipinski definition) is 0. The first-order chi connectivity index (χ1) is 18.0. The Kier molecular flexibility index (Phi) is 5.90. The van der Waals surface area contributed by atoms with Crippen LogP contribution in [-0.4, -0.2) is 61.0 Å². The van der Waals surface area contributed by atoms with E-state index in [0.717, 1.165) is 42.8 Å². The highest BCUT2D eigenvalue weighted by Crippen LogP contribution is 2.28. The van der Waals surface area contributed by atoms with E-state index in [9.17, 15) is 14.0 Å². The number of carbonyl (C=O) groups excluding carboxylic acids is 2. The molecule has 2 amide bonds. The van der Waals surface area contributed by atoms with Crippen molar-refractivity contribution in [2.75, 3.05) is 19.6 Å². The number of amides is 2. The third kappa shape index (κ3) is 4.34. The zero-order valence-corrected chi connectivity index (χ0v) is 20.7. The largest absolute Gasteiger partial charge is 0.337 e. The fourth-order valence-electron chi connectivity index (χ4n) is 5.38. The molecule has 0 bridgehead atoms. The second-order valence-corrected chi connectivity index (χ2v) is 9.74. The molecule has 0 spiro atoms. The molecule has 0 N–H and O–H groups in total. The van der Waals surface area contributed by atoms with Gasteiger partial charge in [0.2, 0.25) is 0 Å². The van der Waals surface area contributed by atoms with Crippen molar-refractivity contribution >= 4 is 22.7 Å². The summed E-state index contributed by atoms with van der Waals surface area (Å²) in [6.45, 7) is 4.58. The van der Waals surface area contributed by atoms with E-state index in [1.165, 1.54) is 12.1 Å². The third-order valence-corrected chi connectivity index (χ3v) is 7.23. The van der Waals surface area contributed by atoms with Crippen LogP contribution in [0.2, 0.25) is 0 Å². The standard InChI is InChI=1S/C28H27FN6O2/c1-18-14-22(21-5-4-20(29)15-24(21)31-18)27(36)34-13-8-25-23(17-34)26(28(37)33-11-2-3-12-33)32-35(25)16-19-6-9-30-10-7-19/h4-7,9-10,14-15H,2-3,8,11-13,16-17H2,1H3. The molecule has 2 aliphatic rings. The highest BCUT2D eigenvalue weighted by Gasteiger charge is 2.33. The maximum atomic E-state index is 13.8. The summed E-state index contributed by atoms with van der Waals surface area (Å²) in [6, 6.07) is 9.93. The van der Waals surface area contributed by atoms with E-state index in [1.54, 1.807) is 36.4 Å². The molecule has 0 atom stereocenters. The molecule has 8 nitrogen and oxygen atoms in total. The van der Waals surface area contributed by atoms with E-state index in [-0.39, 0.29) is 11.8 Å². The van der Waals surface area contributed by atoms with Crippen molar-refractivity contribution in [1.29, 1.82) is 0 Å². The summed E-state index contributed by atoms with van der Waals surface area (Å²) >= 11 is 0. The fraction of sp³-hybridized carbons (Fsp3) is 0.321. The normalized spacial score (nSPS) is 15.3. The Hall–Kier alpha value is -4.14. The molecule has 2 aliphatic heterocycles. The molecule has 0 saturated carbocycles. The van der Waals surface area contributed by atoms with Crippen molar-refractivity contribution in [3.8, 4) is 0 Å². The van der Waals surface area contributed by atoms with Gasteiger partial charge in [0.15, 0.2) is 5.69 Å². The number of fused-ring (bicyclic) bond motifs is 2. The lowest BCUT2D eigenvalue weighted by Gasteiger charge is -2.28. The summed E-state index contributed by atoms with van der Waals surface area (Å²) in [4.78, 5) is 39.4. The molecule has 6 rings (SSSR count). The quantitative estimate of drug-likeness (QED) is 0.428. The Morgan fingerprint density at radius 2 is 1.76 bits per heavy atom. The monoisotopic (exact) mass is 498 g/mol. The molecule has 9 heteroatoms. The SMILES string of the molecule is Cc1cc(C(=O)N2CCc3c(c(C(=O)N4CCCC4)nn3Cc3ccncc3)C2)c2ccc(F)cc2n1. The van der Waals surface area contributed by atoms with Crippen molar-refractivity contribution in [2.24, 2.45) is 0 Å². The second kappa shape index (κ2) is 9.38. The molecule has 5 heterocycles. The molecular formula is C28H27FN6O2. The molecule has 37 heavy (non-hydrogen) atoms. The third-order valence-electron chi connectivity index (χ3n) is 7.23. The predicted octanol–water partition coefficient (Wildman–Crippen LogP) is 3.76. The van der Waals surface area contributed by atoms with Gasteiger partial charge in [-0.15, -0.1) is 0 Å². The molecule has 1 fully saturated rings. The van der Waals surface area contributed by atoms with Crippen LogP contribution < -0.4 is 0 Å². The summed E-state index contributed by atoms with van der Waals surface area (Å²) in [7, 11) is 0. The predicted molar refractivity (Wildman–Crippen MR) is 136 cm³/mol. The smallest absolute Gasteiger partial charge is 0.274 e. The minimum Gasteiger partial charge on any atom is -0.337 e. The Bertz CT molecular complexity index is 1510. The first-order valence-corrected chi connectivity index (χ1v) is 12.6. The number of hydrogen-bond acceptors (Lipinski definition) is 5. The highest BCUT2D eigenvalue weighted by molar-refractivity contribution is 6.06. The molecule has 0 radical (unpaired) electrons. The Balaban J connectivity index is 1.37. The zero-order chi connectivity index (χ0) is 25.5. The molecule has 0 unspecified atom stereocenters. The Morgan fingerprint density at radius 3 is 2.54 bits per heavy atom. The van der Waals surface area contributed by atoms with E-state index in [2.05, 4.69) is 9.97 Å². The van der Waals surface area contributed by atoms with E-state index in [0.29, 0.717) is 53.9 Å². The van der Waals surface area contributed by atoms with Gasteiger partial charge in [0.25, 0.3) is 11.8 Å². The van der Waals surface area contributed by atoms with Gasteiger partial charge in [-0.25, -0.2) is 4.39 Å². The summed E-state index contributed by atoms with van der Waals surface area (Å²) in [5, 5.41) is 5.40. The van der Waals surface area contributed by atoms with Gasteiger partial charge in [-0.3, -0.25) is 24.2 Å². The van der Waals surface area contributed by atoms with Crippen LogP contribution in [-0.2, 0) is 19.5 Å². The topological polar surface area (TPSA) is 84.2 Å². The first-order valence-electron chi connectivity index (χ1n) is 12.6. The lowest BCUT2D eigenvalue weighted by Crippen LogP contribution is -2.37. The summed E-state index contributed by atoms with van der Waals surface area (Å²) in [5.74, 6) is -0.621. The maximum Gasteiger partial charge on any atom is 0.274 e. The summed E-state index contributed by atoms with van der Waals surface area (Å²) < 4.78 is 15.8. The van der Waals surface area contributed by atoms with E-state index >= 15 is 0 Å². The molecule has 1 saturated heterocycles. The highest BCUT2D eigenvalue weighted by atomic mass is 19.1. The lowest BCUT2D eigenvalue weighted by atomic mass is 10.0. The van der Waals surface area contributed by atoms with Crippen LogP contribution in [0.3, 0.4) is 0 Å². The molecule has 0 aliphatic carbocycles. The molecule has 3 aromatic heterocycles. The van der Waals surface area contributed by atoms with Crippen molar-refractivity contribution in [3.63, 3.8) is 0 Å². The number of carbonyl (C=O) groups is 2. The van der Waals surface area contributed by atoms with Crippen LogP contribution in [0.4, 0.5) is 4.39 Å². The minimum absolute atomic E-state index is 0.0720. The van der Waals surface area contributed by atoms with Crippen molar-refractivity contribution in [3.05, 3.63) is 88.4 Å². The number of aryl methyl sites for hydroxylation is 1. The van der Waals surface area contributed by atoms with Gasteiger partial charge in [-0.1, -0.05) is 0 Å². The number of pyridine rings is 2. The zero-order valence-electron chi connectivity index (χ0n) is 20.7. The van der Waals surface area contributed by atoms with E-state index in [4.69, 9.17) is 5.10 Å². The van der Waals surface area contributed by atoms with Gasteiger partial charge in [-0.05, 0) is 55.7 Å². The molecular weight excluding hydrogens is 471 g/mol. The van der Waals surface area contributed by atoms with E-state index in [1.807, 2.05) is 21.7 Å². The number of nitrogens with zero attached hydrogens (tertiary/aromatic N) is 6. The summed E-state index contributed by atoms with van der Waals surface area (Å²) in [5.41, 5.74) is 4.87. The Labute approximate surface area is 213 Å². The van der Waals surface area contributed by atoms with Crippen LogP contribution in [0, 0.1) is 12.7 Å². The number of halogens is 1. The van der Waals surface area contributed by atoms with E-state index < -0.39 is 5.82 Å². The van der Waals surface area contributed by atoms with Crippen molar-refractivity contribution < 1.29 is 14.0 Å². The second-order valence-electron chi connectivity index (χ2n) is 9.74. The van der Waals surface area contributed by atoms with Crippen LogP contribution in [0.5, 0.6) is 0 Å². The van der Waals surface area contributed by atoms with Gasteiger partial charge in [-0.2, -0.15) is 5.10 Å². The number of aromatic nitrogens is 4. The number of rotatable bonds is 4. The van der Waals surface area contributed by atoms with Crippen LogP contribution >= 0.6 is 0 Å². The maximum absolute atomic E-state index is 13.8. The number of benzene rings is 1. The van der Waals surface area contributed by atoms with Crippen molar-refractivity contribution in [2.45, 2.75) is 39.3 Å². The molecule has 1 aromatic carbocycles. The van der Waals surface area contributed by atoms with Crippen LogP contribution in [0.1, 0.15) is 56.2 Å². The van der Waals surface area contributed by atoms with Crippen LogP contribution in [0.25, 0.3) is 10.9 Å². The lowest BCUT2D eigenvalue weighted by molar-refractivity contribution is 0.0724. The molecule has 188 valence electrons. The van der Waals surface area contributed by atoms with Gasteiger partial charge in [0.05, 0.1) is 24.2 Å². The minimum atomic E-state index is -0.390. The molecule has 4 aromatic rings. The van der Waals surface area contributed by atoms with Crippen molar-refractivity contribution in [1.82, 2.24) is 29.5 Å². The average molecular weight is 499 g/mol. The van der Waals surface area contributed by atoms with Gasteiger partial charge in [0.1, 0.15) is 5.82 Å². The number of likely N-dealkylation sites (tertiary alicyclic amines) is 1. The van der Waals surface area contributed by atoms with Gasteiger partial charge in [0, 0.05) is 66.9 Å². The summed E-state index contributed by atoms with van der Waals surface area (Å²) in [6.07, 6.45) is 6.06. The first kappa shape index (κ1) is 23.3. The van der Waals surface area contributed by atoms with Crippen LogP contribution in [0.15, 0.2) is 48.8 Å².